The maximum Gasteiger partial charge on any atom is 0.273 e. The third-order valence-electron chi connectivity index (χ3n) is 6.26. The number of hydrogen-bond acceptors (Lipinski definition) is 4. The Morgan fingerprint density at radius 2 is 1.77 bits per heavy atom. The van der Waals surface area contributed by atoms with Crippen LogP contribution in [0.25, 0.3) is 0 Å². The fourth-order valence-corrected chi connectivity index (χ4v) is 4.21. The van der Waals surface area contributed by atoms with Crippen molar-refractivity contribution in [3.05, 3.63) is 69.3 Å². The van der Waals surface area contributed by atoms with Crippen LogP contribution in [0.4, 0.5) is 11.4 Å². The number of carbonyl (C=O) groups excluding carboxylic acids is 1. The van der Waals surface area contributed by atoms with Gasteiger partial charge in [0, 0.05) is 42.5 Å². The summed E-state index contributed by atoms with van der Waals surface area (Å²) < 4.78 is 0. The van der Waals surface area contributed by atoms with Crippen LogP contribution < -0.4 is 20.0 Å². The van der Waals surface area contributed by atoms with E-state index in [0.29, 0.717) is 17.7 Å². The molecule has 1 amide bonds. The highest BCUT2D eigenvalue weighted by atomic mass is 16.6. The van der Waals surface area contributed by atoms with Crippen molar-refractivity contribution in [2.45, 2.75) is 13.0 Å². The fraction of sp³-hybridized carbons (Fsp3) is 0.435. The minimum atomic E-state index is -0.446. The second-order valence-electron chi connectivity index (χ2n) is 8.57. The van der Waals surface area contributed by atoms with Gasteiger partial charge in [-0.15, -0.1) is 0 Å². The van der Waals surface area contributed by atoms with Gasteiger partial charge in [0.15, 0.2) is 0 Å². The minimum absolute atomic E-state index is 0.0313. The highest BCUT2D eigenvalue weighted by molar-refractivity contribution is 5.96. The van der Waals surface area contributed by atoms with Gasteiger partial charge in [0.1, 0.15) is 32.2 Å². The van der Waals surface area contributed by atoms with Gasteiger partial charge in [-0.2, -0.15) is 0 Å². The van der Waals surface area contributed by atoms with Gasteiger partial charge in [0.2, 0.25) is 0 Å². The molecule has 0 bridgehead atoms. The Morgan fingerprint density at radius 1 is 1.13 bits per heavy atom. The SMILES string of the molecule is Cc1c(C(=O)NC[C@@H](c2ccc(N(C)C)cc2)[NH+]2CC[NH+](C)CC2)cccc1[N+](=O)[O-]. The van der Waals surface area contributed by atoms with Crippen LogP contribution in [0.5, 0.6) is 0 Å². The monoisotopic (exact) mass is 427 g/mol. The first-order chi connectivity index (χ1) is 14.8. The maximum atomic E-state index is 12.9. The number of benzene rings is 2. The molecule has 1 aliphatic rings. The van der Waals surface area contributed by atoms with Gasteiger partial charge >= 0.3 is 0 Å². The summed E-state index contributed by atoms with van der Waals surface area (Å²) >= 11 is 0. The van der Waals surface area contributed by atoms with E-state index in [1.807, 2.05) is 14.1 Å². The molecule has 0 saturated carbocycles. The van der Waals surface area contributed by atoms with Crippen molar-refractivity contribution in [1.29, 1.82) is 0 Å². The van der Waals surface area contributed by atoms with Crippen molar-refractivity contribution >= 4 is 17.3 Å². The summed E-state index contributed by atoms with van der Waals surface area (Å²) in [7, 11) is 6.25. The molecule has 0 unspecified atom stereocenters. The molecule has 2 aromatic rings. The van der Waals surface area contributed by atoms with Crippen molar-refractivity contribution < 1.29 is 19.5 Å². The summed E-state index contributed by atoms with van der Waals surface area (Å²) in [6.45, 7) is 6.38. The molecule has 1 aliphatic heterocycles. The first-order valence-corrected chi connectivity index (χ1v) is 10.7. The predicted octanol–water partition coefficient (Wildman–Crippen LogP) is -0.146. The highest BCUT2D eigenvalue weighted by Gasteiger charge is 2.30. The zero-order valence-corrected chi connectivity index (χ0v) is 18.8. The predicted molar refractivity (Wildman–Crippen MR) is 121 cm³/mol. The van der Waals surface area contributed by atoms with Gasteiger partial charge in [-0.3, -0.25) is 14.9 Å². The molecule has 1 fully saturated rings. The lowest BCUT2D eigenvalue weighted by Gasteiger charge is -2.33. The smallest absolute Gasteiger partial charge is 0.273 e. The zero-order valence-electron chi connectivity index (χ0n) is 18.8. The number of anilines is 1. The van der Waals surface area contributed by atoms with Gasteiger partial charge in [-0.25, -0.2) is 0 Å². The summed E-state index contributed by atoms with van der Waals surface area (Å²) in [5.74, 6) is -0.268. The quantitative estimate of drug-likeness (QED) is 0.424. The molecule has 8 nitrogen and oxygen atoms in total. The van der Waals surface area contributed by atoms with E-state index < -0.39 is 4.92 Å². The number of nitrogens with zero attached hydrogens (tertiary/aromatic N) is 2. The van der Waals surface area contributed by atoms with Gasteiger partial charge in [-0.1, -0.05) is 18.2 Å². The lowest BCUT2D eigenvalue weighted by molar-refractivity contribution is -1.02. The van der Waals surface area contributed by atoms with E-state index in [1.54, 1.807) is 19.1 Å². The summed E-state index contributed by atoms with van der Waals surface area (Å²) in [5.41, 5.74) is 3.05. The Hall–Kier alpha value is -2.97. The first kappa shape index (κ1) is 22.7. The summed E-state index contributed by atoms with van der Waals surface area (Å²) in [4.78, 5) is 28.7. The van der Waals surface area contributed by atoms with Gasteiger partial charge in [0.25, 0.3) is 11.6 Å². The number of likely N-dealkylation sites (N-methyl/N-ethyl adjacent to an activating group) is 1. The summed E-state index contributed by atoms with van der Waals surface area (Å²) in [6.07, 6.45) is 0. The van der Waals surface area contributed by atoms with E-state index in [1.165, 1.54) is 21.4 Å². The molecule has 2 aromatic carbocycles. The van der Waals surface area contributed by atoms with Crippen LogP contribution in [-0.2, 0) is 0 Å². The second-order valence-corrected chi connectivity index (χ2v) is 8.57. The molecule has 166 valence electrons. The normalized spacial score (nSPS) is 19.5. The third-order valence-corrected chi connectivity index (χ3v) is 6.26. The van der Waals surface area contributed by atoms with Gasteiger partial charge in [0.05, 0.1) is 18.5 Å². The van der Waals surface area contributed by atoms with Crippen molar-refractivity contribution in [3.8, 4) is 0 Å². The Balaban J connectivity index is 1.79. The minimum Gasteiger partial charge on any atom is -0.378 e. The molecule has 1 saturated heterocycles. The molecule has 0 aliphatic carbocycles. The average molecular weight is 428 g/mol. The number of nitro groups is 1. The Bertz CT molecular complexity index is 921. The summed E-state index contributed by atoms with van der Waals surface area (Å²) in [6, 6.07) is 13.3. The lowest BCUT2D eigenvalue weighted by atomic mass is 10.0. The Labute approximate surface area is 183 Å². The molecule has 0 radical (unpaired) electrons. The molecule has 1 atom stereocenters. The van der Waals surface area contributed by atoms with Gasteiger partial charge in [-0.05, 0) is 25.1 Å². The molecule has 3 rings (SSSR count). The van der Waals surface area contributed by atoms with E-state index in [-0.39, 0.29) is 17.6 Å². The van der Waals surface area contributed by atoms with E-state index in [0.717, 1.165) is 31.9 Å². The number of piperazine rings is 1. The second kappa shape index (κ2) is 9.89. The maximum absolute atomic E-state index is 12.9. The highest BCUT2D eigenvalue weighted by Crippen LogP contribution is 2.21. The number of hydrogen-bond donors (Lipinski definition) is 3. The van der Waals surface area contributed by atoms with Gasteiger partial charge < -0.3 is 20.0 Å². The molecule has 0 spiro atoms. The van der Waals surface area contributed by atoms with Crippen LogP contribution in [0.2, 0.25) is 0 Å². The molecule has 3 N–H and O–H groups in total. The third kappa shape index (κ3) is 5.39. The van der Waals surface area contributed by atoms with Crippen LogP contribution in [0, 0.1) is 17.0 Å². The molecule has 31 heavy (non-hydrogen) atoms. The largest absolute Gasteiger partial charge is 0.378 e. The molecule has 0 aromatic heterocycles. The van der Waals surface area contributed by atoms with Crippen LogP contribution in [-0.4, -0.2) is 64.7 Å². The molecular formula is C23H33N5O3+2. The van der Waals surface area contributed by atoms with E-state index in [9.17, 15) is 14.9 Å². The van der Waals surface area contributed by atoms with E-state index in [2.05, 4.69) is 41.5 Å². The topological polar surface area (TPSA) is 84.4 Å². The Kier molecular flexibility index (Phi) is 7.25. The lowest BCUT2D eigenvalue weighted by Crippen LogP contribution is -3.27. The number of rotatable bonds is 7. The average Bonchev–Trinajstić information content (AvgIpc) is 2.75. The fourth-order valence-electron chi connectivity index (χ4n) is 4.21. The number of quaternary nitrogens is 2. The van der Waals surface area contributed by atoms with E-state index in [4.69, 9.17) is 0 Å². The molecule has 1 heterocycles. The van der Waals surface area contributed by atoms with Crippen LogP contribution >= 0.6 is 0 Å². The number of nitrogens with one attached hydrogen (secondary N) is 3. The van der Waals surface area contributed by atoms with Crippen LogP contribution in [0.1, 0.15) is 27.5 Å². The molecule has 8 heteroatoms. The Morgan fingerprint density at radius 3 is 2.35 bits per heavy atom. The number of amides is 1. The number of nitro benzene ring substituents is 1. The number of carbonyl (C=O) groups is 1. The van der Waals surface area contributed by atoms with E-state index >= 15 is 0 Å². The standard InChI is InChI=1S/C23H31N5O3/c1-17-20(6-5-7-21(17)28(30)31)23(29)24-16-22(27-14-12-26(4)13-15-27)18-8-10-19(11-9-18)25(2)3/h5-11,22H,12-16H2,1-4H3,(H,24,29)/p+2/t22-/m0/s1. The summed E-state index contributed by atoms with van der Waals surface area (Å²) in [5, 5.41) is 14.3. The van der Waals surface area contributed by atoms with Crippen molar-refractivity contribution in [2.24, 2.45) is 0 Å². The first-order valence-electron chi connectivity index (χ1n) is 10.7. The molecular weight excluding hydrogens is 394 g/mol. The van der Waals surface area contributed by atoms with Crippen LogP contribution in [0.15, 0.2) is 42.5 Å². The van der Waals surface area contributed by atoms with Crippen LogP contribution in [0.3, 0.4) is 0 Å². The zero-order chi connectivity index (χ0) is 22.5. The van der Waals surface area contributed by atoms with Crippen molar-refractivity contribution in [3.63, 3.8) is 0 Å². The van der Waals surface area contributed by atoms with Crippen molar-refractivity contribution in [2.75, 3.05) is 58.8 Å². The van der Waals surface area contributed by atoms with Crippen molar-refractivity contribution in [1.82, 2.24) is 5.32 Å².